The lowest BCUT2D eigenvalue weighted by molar-refractivity contribution is 1.18. The Hall–Kier alpha value is -18.7. The highest BCUT2D eigenvalue weighted by molar-refractivity contribution is 7.27. The number of benzene rings is 24. The molecule has 33 rings (SSSR count). The van der Waals surface area contributed by atoms with Crippen molar-refractivity contribution in [2.45, 2.75) is 6.42 Å². The third kappa shape index (κ3) is 12.9. The van der Waals surface area contributed by atoms with E-state index >= 15 is 0 Å². The van der Waals surface area contributed by atoms with E-state index < -0.39 is 0 Å². The maximum Gasteiger partial charge on any atom is 0.0556 e. The Morgan fingerprint density at radius 2 is 0.469 bits per heavy atom. The van der Waals surface area contributed by atoms with E-state index in [1.54, 1.807) is 0 Å². The van der Waals surface area contributed by atoms with Crippen LogP contribution in [0.1, 0.15) is 11.1 Å². The molecule has 0 amide bonds. The second kappa shape index (κ2) is 32.9. The smallest absolute Gasteiger partial charge is 0.0556 e. The lowest BCUT2D eigenvalue weighted by atomic mass is 9.96. The minimum absolute atomic E-state index is 0.976. The van der Waals surface area contributed by atoms with Crippen molar-refractivity contribution in [3.05, 3.63) is 521 Å². The third-order valence-corrected chi connectivity index (χ3v) is 33.6. The molecule has 6 nitrogen and oxygen atoms in total. The molecule has 0 saturated carbocycles. The SMILES string of the molecule is c1ccc(-n2c3ccccc3c3cc(-c4ccc5c(c4)c4c6c(ccc4n5-c4cccc5ccccc45)Cc4ccccc4-6)ccc32)cc1.c1ccc(-n2c3ccccc3c3cc(-c4ccc5c(c4)c4c6sc7ccccc7c6ccc4n5-c4cccc5ccccc45)ccc32)cc1.c1ccc(-n2c3ccccc3c3cc(-c4ccc5c(c4)c4cc6sc7ccccc7c6cc4n5-c4cccc5ccccc45)ccc32)cc1. The van der Waals surface area contributed by atoms with Crippen LogP contribution in [0.2, 0.25) is 0 Å². The van der Waals surface area contributed by atoms with Crippen LogP contribution in [0.5, 0.6) is 0 Å². The Morgan fingerprint density at radius 3 is 0.932 bits per heavy atom. The van der Waals surface area contributed by atoms with Crippen molar-refractivity contribution in [1.82, 2.24) is 27.4 Å². The van der Waals surface area contributed by atoms with Gasteiger partial charge in [0.1, 0.15) is 0 Å². The van der Waals surface area contributed by atoms with Crippen molar-refractivity contribution in [2.24, 2.45) is 0 Å². The van der Waals surface area contributed by atoms with Crippen LogP contribution in [-0.2, 0) is 6.42 Å². The second-order valence-electron chi connectivity index (χ2n) is 39.2. The van der Waals surface area contributed by atoms with E-state index in [1.807, 2.05) is 22.7 Å². The fourth-order valence-corrected chi connectivity index (χ4v) is 27.2. The first kappa shape index (κ1) is 83.0. The molecule has 0 spiro atoms. The highest BCUT2D eigenvalue weighted by Gasteiger charge is 2.29. The van der Waals surface area contributed by atoms with Gasteiger partial charge in [-0.25, -0.2) is 0 Å². The zero-order valence-electron chi connectivity index (χ0n) is 79.7. The number of fused-ring (bicyclic) bond motifs is 32. The molecule has 8 heteroatoms. The summed E-state index contributed by atoms with van der Waals surface area (Å²) in [6, 6.07) is 187. The van der Waals surface area contributed by atoms with Crippen molar-refractivity contribution in [3.8, 4) is 78.6 Å². The maximum absolute atomic E-state index is 2.49. The molecule has 1 aliphatic rings. The van der Waals surface area contributed by atoms with Gasteiger partial charge in [-0.1, -0.05) is 328 Å². The second-order valence-corrected chi connectivity index (χ2v) is 41.3. The Balaban J connectivity index is 0.0000000999. The summed E-state index contributed by atoms with van der Waals surface area (Å²) in [6.07, 6.45) is 0.976. The van der Waals surface area contributed by atoms with Gasteiger partial charge in [-0.15, -0.1) is 22.7 Å². The molecular weight excluding hydrogens is 1820 g/mol. The Kier molecular flexibility index (Phi) is 18.6. The molecule has 0 aliphatic heterocycles. The van der Waals surface area contributed by atoms with Gasteiger partial charge in [-0.3, -0.25) is 0 Å². The molecule has 147 heavy (non-hydrogen) atoms. The van der Waals surface area contributed by atoms with Gasteiger partial charge in [0, 0.05) is 138 Å². The zero-order chi connectivity index (χ0) is 96.2. The number of para-hydroxylation sites is 6. The molecule has 24 aromatic carbocycles. The van der Waals surface area contributed by atoms with Crippen LogP contribution in [0.4, 0.5) is 0 Å². The summed E-state index contributed by atoms with van der Waals surface area (Å²) in [5.41, 5.74) is 34.8. The van der Waals surface area contributed by atoms with Gasteiger partial charge in [0.05, 0.1) is 83.3 Å². The predicted octanol–water partition coefficient (Wildman–Crippen LogP) is 38.4. The van der Waals surface area contributed by atoms with Crippen molar-refractivity contribution >= 4 is 226 Å². The van der Waals surface area contributed by atoms with Crippen molar-refractivity contribution in [3.63, 3.8) is 0 Å². The van der Waals surface area contributed by atoms with Gasteiger partial charge >= 0.3 is 0 Å². The molecule has 8 heterocycles. The van der Waals surface area contributed by atoms with E-state index in [4.69, 9.17) is 0 Å². The van der Waals surface area contributed by atoms with E-state index in [1.165, 1.54) is 293 Å². The molecule has 0 atom stereocenters. The van der Waals surface area contributed by atoms with Crippen molar-refractivity contribution in [1.29, 1.82) is 0 Å². The third-order valence-electron chi connectivity index (χ3n) is 31.3. The molecule has 8 aromatic heterocycles. The Labute approximate surface area is 852 Å². The van der Waals surface area contributed by atoms with Gasteiger partial charge in [0.2, 0.25) is 0 Å². The van der Waals surface area contributed by atoms with Gasteiger partial charge in [0.15, 0.2) is 0 Å². The van der Waals surface area contributed by atoms with Gasteiger partial charge < -0.3 is 27.4 Å². The minimum atomic E-state index is 0.976. The van der Waals surface area contributed by atoms with Crippen LogP contribution >= 0.6 is 22.7 Å². The predicted molar refractivity (Wildman–Crippen MR) is 628 cm³/mol. The molecule has 0 bridgehead atoms. The number of hydrogen-bond donors (Lipinski definition) is 0. The van der Waals surface area contributed by atoms with E-state index in [0.717, 1.165) is 6.42 Å². The topological polar surface area (TPSA) is 29.6 Å². The molecule has 0 N–H and O–H groups in total. The minimum Gasteiger partial charge on any atom is -0.309 e. The number of rotatable bonds is 9. The van der Waals surface area contributed by atoms with E-state index in [9.17, 15) is 0 Å². The van der Waals surface area contributed by atoms with Crippen molar-refractivity contribution < 1.29 is 0 Å². The van der Waals surface area contributed by atoms with Gasteiger partial charge in [-0.05, 0) is 260 Å². The normalized spacial score (nSPS) is 12.2. The maximum atomic E-state index is 2.49. The first-order valence-electron chi connectivity index (χ1n) is 50.6. The highest BCUT2D eigenvalue weighted by atomic mass is 32.1. The van der Waals surface area contributed by atoms with E-state index in [-0.39, 0.29) is 0 Å². The molecule has 0 radical (unpaired) electrons. The van der Waals surface area contributed by atoms with Crippen LogP contribution in [0, 0.1) is 0 Å². The number of nitrogens with zero attached hydrogens (tertiary/aromatic N) is 6. The van der Waals surface area contributed by atoms with Crippen LogP contribution in [-0.4, -0.2) is 27.4 Å². The lowest BCUT2D eigenvalue weighted by Gasteiger charge is -2.12. The summed E-state index contributed by atoms with van der Waals surface area (Å²) in [4.78, 5) is 0. The van der Waals surface area contributed by atoms with Gasteiger partial charge in [0.25, 0.3) is 0 Å². The first-order chi connectivity index (χ1) is 72.9. The van der Waals surface area contributed by atoms with Crippen molar-refractivity contribution in [2.75, 3.05) is 0 Å². The first-order valence-corrected chi connectivity index (χ1v) is 52.2. The molecule has 32 aromatic rings. The summed E-state index contributed by atoms with van der Waals surface area (Å²) in [5.74, 6) is 0. The van der Waals surface area contributed by atoms with E-state index in [2.05, 4.69) is 537 Å². The molecule has 684 valence electrons. The number of aromatic nitrogens is 6. The summed E-state index contributed by atoms with van der Waals surface area (Å²) in [7, 11) is 0. The number of thiophene rings is 2. The van der Waals surface area contributed by atoms with E-state index in [0.29, 0.717) is 0 Å². The fourth-order valence-electron chi connectivity index (χ4n) is 24.8. The average Bonchev–Trinajstić information content (AvgIpc) is 1.55. The molecule has 0 unspecified atom stereocenters. The Bertz CT molecular complexity index is 11100. The Morgan fingerprint density at radius 1 is 0.156 bits per heavy atom. The molecule has 0 fully saturated rings. The van der Waals surface area contributed by atoms with Crippen LogP contribution in [0.3, 0.4) is 0 Å². The summed E-state index contributed by atoms with van der Waals surface area (Å²) >= 11 is 3.79. The summed E-state index contributed by atoms with van der Waals surface area (Å²) in [5, 5.41) is 28.2. The standard InChI is InChI=1S/C47H30N2.2C46H28N2S/c1-2-14-35(15-3-1)48-42-19-9-8-18-38(42)39-28-31(21-24-43(39)48)32-22-25-44-40(29-32)47-45(26-23-34-27-33-12-5-7-17-37(33)46(34)47)49(44)41-20-10-13-30-11-4-6-16-36(30)41;1-2-13-32(14-3-1)47-40-18-8-6-16-34(40)37-27-30(21-24-41(37)47)31-22-25-42-38(28-31)45-43(26-23-36-35-17-7-9-20-44(35)49-46(36)45)48(42)39-19-10-12-29-11-4-5-15-33(29)39;1-2-13-32(14-3-1)47-41-18-8-6-16-34(41)36-25-30(21-23-42(36)47)31-22-24-43-37(26-31)38-28-46-39(35-17-7-9-20-45(35)49-46)27-44(38)48(43)40-19-10-12-29-11-4-5-15-33(29)40/h1-26,28-29H,27H2;2*1-28H. The zero-order valence-corrected chi connectivity index (χ0v) is 81.3. The highest BCUT2D eigenvalue weighted by Crippen LogP contribution is 2.52. The fraction of sp³-hybridized carbons (Fsp3) is 0.00719. The summed E-state index contributed by atoms with van der Waals surface area (Å²) in [6.45, 7) is 0. The average molecular weight is 1900 g/mol. The number of hydrogen-bond acceptors (Lipinski definition) is 2. The quantitative estimate of drug-likeness (QED) is 0.138. The van der Waals surface area contributed by atoms with Gasteiger partial charge in [-0.2, -0.15) is 0 Å². The van der Waals surface area contributed by atoms with Crippen LogP contribution in [0.25, 0.3) is 282 Å². The monoisotopic (exact) mass is 1900 g/mol. The van der Waals surface area contributed by atoms with Crippen LogP contribution in [0.15, 0.2) is 510 Å². The lowest BCUT2D eigenvalue weighted by Crippen LogP contribution is -1.95. The molecule has 0 saturated heterocycles. The summed E-state index contributed by atoms with van der Waals surface area (Å²) < 4.78 is 19.9. The largest absolute Gasteiger partial charge is 0.309 e. The van der Waals surface area contributed by atoms with Crippen LogP contribution < -0.4 is 0 Å². The molecule has 1 aliphatic carbocycles. The molecular formula is C139H86N6S2.